The molecule has 2 aliphatic rings. The first-order valence-electron chi connectivity index (χ1n) is 7.86. The second-order valence-corrected chi connectivity index (χ2v) is 6.28. The summed E-state index contributed by atoms with van der Waals surface area (Å²) < 4.78 is 5.75. The zero-order valence-corrected chi connectivity index (χ0v) is 13.0. The lowest BCUT2D eigenvalue weighted by Crippen LogP contribution is -2.41. The van der Waals surface area contributed by atoms with Crippen LogP contribution in [0.5, 0.6) is 0 Å². The van der Waals surface area contributed by atoms with Crippen molar-refractivity contribution in [2.75, 3.05) is 13.2 Å². The van der Waals surface area contributed by atoms with Crippen LogP contribution in [0.25, 0.3) is 0 Å². The van der Waals surface area contributed by atoms with Gasteiger partial charge in [-0.2, -0.15) is 0 Å². The lowest BCUT2D eigenvalue weighted by Gasteiger charge is -2.22. The van der Waals surface area contributed by atoms with Crippen LogP contribution < -0.4 is 5.32 Å². The molecule has 2 fully saturated rings. The summed E-state index contributed by atoms with van der Waals surface area (Å²) in [5, 5.41) is 2.94. The SMILES string of the molecule is CC(C)NC(=O)C1CN(C(=O)c2ccccc2)C2CCOC12. The average Bonchev–Trinajstić information content (AvgIpc) is 3.08. The summed E-state index contributed by atoms with van der Waals surface area (Å²) in [6.07, 6.45) is 0.626. The standard InChI is InChI=1S/C17H22N2O3/c1-11(2)18-16(20)13-10-19(14-8-9-22-15(13)14)17(21)12-6-4-3-5-7-12/h3-7,11,13-15H,8-10H2,1-2H3,(H,18,20). The molecule has 3 atom stereocenters. The van der Waals surface area contributed by atoms with Gasteiger partial charge in [-0.1, -0.05) is 18.2 Å². The number of carbonyl (C=O) groups excluding carboxylic acids is 2. The van der Waals surface area contributed by atoms with Gasteiger partial charge >= 0.3 is 0 Å². The van der Waals surface area contributed by atoms with E-state index in [0.717, 1.165) is 6.42 Å². The molecule has 0 radical (unpaired) electrons. The van der Waals surface area contributed by atoms with Crippen molar-refractivity contribution in [2.24, 2.45) is 5.92 Å². The molecule has 2 saturated heterocycles. The molecule has 22 heavy (non-hydrogen) atoms. The Kier molecular flexibility index (Phi) is 4.16. The maximum absolute atomic E-state index is 12.7. The molecule has 2 aliphatic heterocycles. The van der Waals surface area contributed by atoms with Crippen molar-refractivity contribution in [1.82, 2.24) is 10.2 Å². The van der Waals surface area contributed by atoms with E-state index in [4.69, 9.17) is 4.74 Å². The van der Waals surface area contributed by atoms with E-state index in [1.807, 2.05) is 49.1 Å². The smallest absolute Gasteiger partial charge is 0.254 e. The maximum atomic E-state index is 12.7. The van der Waals surface area contributed by atoms with Crippen LogP contribution in [-0.2, 0) is 9.53 Å². The third-order valence-corrected chi connectivity index (χ3v) is 4.34. The van der Waals surface area contributed by atoms with Crippen LogP contribution in [0.4, 0.5) is 0 Å². The highest BCUT2D eigenvalue weighted by Crippen LogP contribution is 2.34. The van der Waals surface area contributed by atoms with Crippen molar-refractivity contribution in [1.29, 1.82) is 0 Å². The minimum absolute atomic E-state index is 0.00983. The number of nitrogens with one attached hydrogen (secondary N) is 1. The Morgan fingerprint density at radius 2 is 2.00 bits per heavy atom. The minimum Gasteiger partial charge on any atom is -0.375 e. The van der Waals surface area contributed by atoms with Gasteiger partial charge in [0.2, 0.25) is 5.91 Å². The molecule has 2 amide bonds. The number of likely N-dealkylation sites (tertiary alicyclic amines) is 1. The van der Waals surface area contributed by atoms with Crippen molar-refractivity contribution < 1.29 is 14.3 Å². The minimum atomic E-state index is -0.275. The summed E-state index contributed by atoms with van der Waals surface area (Å²) >= 11 is 0. The maximum Gasteiger partial charge on any atom is 0.254 e. The Balaban J connectivity index is 1.79. The van der Waals surface area contributed by atoms with Gasteiger partial charge < -0.3 is 15.0 Å². The highest BCUT2D eigenvalue weighted by molar-refractivity contribution is 5.95. The highest BCUT2D eigenvalue weighted by atomic mass is 16.5. The zero-order chi connectivity index (χ0) is 15.7. The molecule has 3 unspecified atom stereocenters. The number of nitrogens with zero attached hydrogens (tertiary/aromatic N) is 1. The van der Waals surface area contributed by atoms with Crippen molar-refractivity contribution in [3.05, 3.63) is 35.9 Å². The monoisotopic (exact) mass is 302 g/mol. The molecule has 118 valence electrons. The first kappa shape index (κ1) is 15.0. The summed E-state index contributed by atoms with van der Waals surface area (Å²) in [6, 6.07) is 9.33. The predicted molar refractivity (Wildman–Crippen MR) is 82.4 cm³/mol. The van der Waals surface area contributed by atoms with Crippen molar-refractivity contribution in [2.45, 2.75) is 38.5 Å². The quantitative estimate of drug-likeness (QED) is 0.919. The molecule has 2 heterocycles. The molecule has 0 bridgehead atoms. The van der Waals surface area contributed by atoms with E-state index < -0.39 is 0 Å². The lowest BCUT2D eigenvalue weighted by molar-refractivity contribution is -0.128. The second-order valence-electron chi connectivity index (χ2n) is 6.28. The fraction of sp³-hybridized carbons (Fsp3) is 0.529. The number of benzene rings is 1. The zero-order valence-electron chi connectivity index (χ0n) is 13.0. The van der Waals surface area contributed by atoms with Crippen molar-refractivity contribution >= 4 is 11.8 Å². The molecular weight excluding hydrogens is 280 g/mol. The van der Waals surface area contributed by atoms with E-state index in [9.17, 15) is 9.59 Å². The Hall–Kier alpha value is -1.88. The van der Waals surface area contributed by atoms with Gasteiger partial charge in [-0.15, -0.1) is 0 Å². The van der Waals surface area contributed by atoms with Gasteiger partial charge in [0.15, 0.2) is 0 Å². The van der Waals surface area contributed by atoms with Gasteiger partial charge in [-0.05, 0) is 32.4 Å². The molecule has 1 N–H and O–H groups in total. The second kappa shape index (κ2) is 6.08. The molecule has 0 saturated carbocycles. The van der Waals surface area contributed by atoms with Gasteiger partial charge in [-0.3, -0.25) is 9.59 Å². The Labute approximate surface area is 130 Å². The van der Waals surface area contributed by atoms with Crippen LogP contribution in [-0.4, -0.2) is 48.1 Å². The summed E-state index contributed by atoms with van der Waals surface area (Å²) in [6.45, 7) is 4.92. The van der Waals surface area contributed by atoms with Gasteiger partial charge in [0.25, 0.3) is 5.91 Å². The topological polar surface area (TPSA) is 58.6 Å². The molecule has 5 nitrogen and oxygen atoms in total. The third kappa shape index (κ3) is 2.73. The van der Waals surface area contributed by atoms with E-state index in [2.05, 4.69) is 5.32 Å². The van der Waals surface area contributed by atoms with Crippen LogP contribution in [0.3, 0.4) is 0 Å². The molecule has 1 aromatic rings. The van der Waals surface area contributed by atoms with Gasteiger partial charge in [0, 0.05) is 24.8 Å². The van der Waals surface area contributed by atoms with E-state index in [1.54, 1.807) is 0 Å². The normalized spacial score (nSPS) is 27.0. The van der Waals surface area contributed by atoms with Gasteiger partial charge in [0.1, 0.15) is 0 Å². The van der Waals surface area contributed by atoms with Crippen LogP contribution in [0, 0.1) is 5.92 Å². The molecule has 1 aromatic carbocycles. The molecule has 5 heteroatoms. The first-order chi connectivity index (χ1) is 10.6. The third-order valence-electron chi connectivity index (χ3n) is 4.34. The average molecular weight is 302 g/mol. The lowest BCUT2D eigenvalue weighted by atomic mass is 10.0. The summed E-state index contributed by atoms with van der Waals surface area (Å²) in [5.74, 6) is -0.307. The Bertz CT molecular complexity index is 558. The van der Waals surface area contributed by atoms with Crippen LogP contribution in [0.1, 0.15) is 30.6 Å². The molecule has 0 aliphatic carbocycles. The molecular formula is C17H22N2O3. The van der Waals surface area contributed by atoms with Gasteiger partial charge in [0.05, 0.1) is 18.1 Å². The number of amides is 2. The number of fused-ring (bicyclic) bond motifs is 1. The van der Waals surface area contributed by atoms with E-state index in [1.165, 1.54) is 0 Å². The van der Waals surface area contributed by atoms with Crippen molar-refractivity contribution in [3.63, 3.8) is 0 Å². The largest absolute Gasteiger partial charge is 0.375 e. The van der Waals surface area contributed by atoms with Crippen LogP contribution in [0.2, 0.25) is 0 Å². The summed E-state index contributed by atoms with van der Waals surface area (Å²) in [5.41, 5.74) is 0.665. The number of hydrogen-bond donors (Lipinski definition) is 1. The first-order valence-corrected chi connectivity index (χ1v) is 7.86. The Morgan fingerprint density at radius 1 is 1.27 bits per heavy atom. The summed E-state index contributed by atoms with van der Waals surface area (Å²) in [4.78, 5) is 26.9. The van der Waals surface area contributed by atoms with Crippen LogP contribution in [0.15, 0.2) is 30.3 Å². The number of hydrogen-bond acceptors (Lipinski definition) is 3. The molecule has 0 spiro atoms. The van der Waals surface area contributed by atoms with Crippen LogP contribution >= 0.6 is 0 Å². The molecule has 3 rings (SSSR count). The fourth-order valence-electron chi connectivity index (χ4n) is 3.37. The van der Waals surface area contributed by atoms with Crippen molar-refractivity contribution in [3.8, 4) is 0 Å². The highest BCUT2D eigenvalue weighted by Gasteiger charge is 2.50. The van der Waals surface area contributed by atoms with E-state index in [0.29, 0.717) is 18.7 Å². The number of rotatable bonds is 3. The van der Waals surface area contributed by atoms with Gasteiger partial charge in [-0.25, -0.2) is 0 Å². The summed E-state index contributed by atoms with van der Waals surface area (Å²) in [7, 11) is 0. The number of ether oxygens (including phenoxy) is 1. The molecule has 0 aromatic heterocycles. The Morgan fingerprint density at radius 3 is 2.68 bits per heavy atom. The fourth-order valence-corrected chi connectivity index (χ4v) is 3.37. The predicted octanol–water partition coefficient (Wildman–Crippen LogP) is 1.44. The van der Waals surface area contributed by atoms with E-state index >= 15 is 0 Å². The van der Waals surface area contributed by atoms with E-state index in [-0.39, 0.29) is 35.9 Å². The number of carbonyl (C=O) groups is 2.